The van der Waals surface area contributed by atoms with Gasteiger partial charge in [-0.1, -0.05) is 24.3 Å². The van der Waals surface area contributed by atoms with Crippen molar-refractivity contribution in [2.75, 3.05) is 26.9 Å². The average Bonchev–Trinajstić information content (AvgIpc) is 3.14. The topological polar surface area (TPSA) is 53.5 Å². The molecule has 7 heteroatoms. The van der Waals surface area contributed by atoms with Gasteiger partial charge in [-0.3, -0.25) is 9.59 Å². The number of carbonyl (C=O) groups excluding carboxylic acids is 2. The summed E-state index contributed by atoms with van der Waals surface area (Å²) < 4.78 is 1.11. The highest BCUT2D eigenvalue weighted by atomic mass is 32.2. The van der Waals surface area contributed by atoms with Gasteiger partial charge in [-0.25, -0.2) is 4.98 Å². The van der Waals surface area contributed by atoms with Crippen LogP contribution in [0.5, 0.6) is 0 Å². The summed E-state index contributed by atoms with van der Waals surface area (Å²) in [5.41, 5.74) is 1.56. The Balaban J connectivity index is 1.80. The molecule has 2 aromatic carbocycles. The van der Waals surface area contributed by atoms with Crippen LogP contribution >= 0.6 is 23.1 Å². The van der Waals surface area contributed by atoms with Crippen molar-refractivity contribution in [2.45, 2.75) is 17.9 Å². The number of hydrogen-bond donors (Lipinski definition) is 0. The van der Waals surface area contributed by atoms with Gasteiger partial charge in [-0.05, 0) is 31.2 Å². The minimum atomic E-state index is -0.147. The molecule has 0 saturated heterocycles. The second-order valence-corrected chi connectivity index (χ2v) is 8.76. The van der Waals surface area contributed by atoms with Crippen molar-refractivity contribution in [3.05, 3.63) is 59.1 Å². The van der Waals surface area contributed by atoms with Crippen LogP contribution in [0.4, 0.5) is 0 Å². The second-order valence-electron chi connectivity index (χ2n) is 6.68. The van der Waals surface area contributed by atoms with Crippen molar-refractivity contribution in [1.29, 1.82) is 0 Å². The quantitative estimate of drug-likeness (QED) is 0.565. The lowest BCUT2D eigenvalue weighted by Crippen LogP contribution is -2.30. The largest absolute Gasteiger partial charge is 0.348 e. The lowest BCUT2D eigenvalue weighted by atomic mass is 10.2. The highest BCUT2D eigenvalue weighted by Gasteiger charge is 2.24. The fourth-order valence-corrected chi connectivity index (χ4v) is 4.72. The molecule has 0 radical (unpaired) electrons. The van der Waals surface area contributed by atoms with Gasteiger partial charge >= 0.3 is 0 Å². The first-order valence-electron chi connectivity index (χ1n) is 8.93. The van der Waals surface area contributed by atoms with Crippen molar-refractivity contribution in [2.24, 2.45) is 0 Å². The number of hydrogen-bond acceptors (Lipinski definition) is 5. The highest BCUT2D eigenvalue weighted by molar-refractivity contribution is 8.00. The molecule has 0 aliphatic carbocycles. The molecule has 3 rings (SSSR count). The molecular weight excluding hydrogens is 390 g/mol. The number of nitrogens with zero attached hydrogens (tertiary/aromatic N) is 3. The van der Waals surface area contributed by atoms with E-state index in [-0.39, 0.29) is 17.9 Å². The van der Waals surface area contributed by atoms with Gasteiger partial charge in [0, 0.05) is 26.0 Å². The maximum absolute atomic E-state index is 13.2. The summed E-state index contributed by atoms with van der Waals surface area (Å²) in [4.78, 5) is 33.8. The number of fused-ring (bicyclic) bond motifs is 1. The van der Waals surface area contributed by atoms with E-state index in [0.717, 1.165) is 20.1 Å². The van der Waals surface area contributed by atoms with Crippen molar-refractivity contribution in [3.63, 3.8) is 0 Å². The fraction of sp³-hybridized carbons (Fsp3) is 0.286. The fourth-order valence-electron chi connectivity index (χ4n) is 2.64. The van der Waals surface area contributed by atoms with E-state index >= 15 is 0 Å². The van der Waals surface area contributed by atoms with Crippen LogP contribution in [-0.4, -0.2) is 53.5 Å². The smallest absolute Gasteiger partial charge is 0.255 e. The SMILES string of the molecule is C[C@H](c1nc2ccccc2s1)N(C)C(=O)c1ccccc1SCC(=O)N(C)C. The number of thioether (sulfide) groups is 1. The summed E-state index contributed by atoms with van der Waals surface area (Å²) in [7, 11) is 5.26. The first-order chi connectivity index (χ1) is 13.4. The maximum Gasteiger partial charge on any atom is 0.255 e. The van der Waals surface area contributed by atoms with Gasteiger partial charge in [0.25, 0.3) is 5.91 Å². The molecule has 2 amide bonds. The van der Waals surface area contributed by atoms with Gasteiger partial charge in [-0.15, -0.1) is 23.1 Å². The van der Waals surface area contributed by atoms with E-state index < -0.39 is 0 Å². The zero-order valence-corrected chi connectivity index (χ0v) is 18.0. The number of thiazole rings is 1. The van der Waals surface area contributed by atoms with Gasteiger partial charge in [0.2, 0.25) is 5.91 Å². The Morgan fingerprint density at radius 1 is 1.07 bits per heavy atom. The molecule has 1 atom stereocenters. The van der Waals surface area contributed by atoms with E-state index in [1.165, 1.54) is 11.8 Å². The van der Waals surface area contributed by atoms with Crippen molar-refractivity contribution in [1.82, 2.24) is 14.8 Å². The molecule has 0 saturated carbocycles. The minimum Gasteiger partial charge on any atom is -0.348 e. The van der Waals surface area contributed by atoms with E-state index in [0.29, 0.717) is 11.3 Å². The van der Waals surface area contributed by atoms with Gasteiger partial charge < -0.3 is 9.80 Å². The molecule has 1 aromatic heterocycles. The summed E-state index contributed by atoms with van der Waals surface area (Å²) in [6, 6.07) is 15.3. The lowest BCUT2D eigenvalue weighted by molar-refractivity contribution is -0.125. The molecular formula is C21H23N3O2S2. The van der Waals surface area contributed by atoms with Crippen molar-refractivity contribution >= 4 is 45.1 Å². The molecule has 28 heavy (non-hydrogen) atoms. The number of benzene rings is 2. The molecule has 1 heterocycles. The summed E-state index contributed by atoms with van der Waals surface area (Å²) in [6.07, 6.45) is 0. The van der Waals surface area contributed by atoms with Crippen LogP contribution in [0.25, 0.3) is 10.2 Å². The summed E-state index contributed by atoms with van der Waals surface area (Å²) >= 11 is 3.00. The Morgan fingerprint density at radius 2 is 1.75 bits per heavy atom. The number of rotatable bonds is 6. The van der Waals surface area contributed by atoms with Crippen LogP contribution in [0.15, 0.2) is 53.4 Å². The monoisotopic (exact) mass is 413 g/mol. The zero-order valence-electron chi connectivity index (χ0n) is 16.4. The summed E-state index contributed by atoms with van der Waals surface area (Å²) in [5.74, 6) is 0.240. The van der Waals surface area contributed by atoms with Crippen LogP contribution in [-0.2, 0) is 4.79 Å². The van der Waals surface area contributed by atoms with E-state index in [9.17, 15) is 9.59 Å². The van der Waals surface area contributed by atoms with Crippen LogP contribution in [0.3, 0.4) is 0 Å². The Labute approximate surface area is 173 Å². The lowest BCUT2D eigenvalue weighted by Gasteiger charge is -2.24. The molecule has 3 aromatic rings. The van der Waals surface area contributed by atoms with Crippen LogP contribution in [0.2, 0.25) is 0 Å². The maximum atomic E-state index is 13.2. The van der Waals surface area contributed by atoms with Crippen molar-refractivity contribution < 1.29 is 9.59 Å². The van der Waals surface area contributed by atoms with Gasteiger partial charge in [0.15, 0.2) is 0 Å². The summed E-state index contributed by atoms with van der Waals surface area (Å²) in [5, 5.41) is 0.907. The van der Waals surface area contributed by atoms with E-state index in [1.807, 2.05) is 55.5 Å². The molecule has 0 bridgehead atoms. The normalized spacial score (nSPS) is 12.0. The minimum absolute atomic E-state index is 0.0171. The molecule has 146 valence electrons. The van der Waals surface area contributed by atoms with Gasteiger partial charge in [-0.2, -0.15) is 0 Å². The third kappa shape index (κ3) is 4.36. The average molecular weight is 414 g/mol. The number of carbonyl (C=O) groups is 2. The molecule has 0 aliphatic rings. The number of amides is 2. The van der Waals surface area contributed by atoms with E-state index in [2.05, 4.69) is 4.98 Å². The van der Waals surface area contributed by atoms with Crippen molar-refractivity contribution in [3.8, 4) is 0 Å². The first-order valence-corrected chi connectivity index (χ1v) is 10.7. The molecule has 5 nitrogen and oxygen atoms in total. The Hall–Kier alpha value is -2.38. The molecule has 0 fully saturated rings. The Bertz CT molecular complexity index is 967. The Morgan fingerprint density at radius 3 is 2.46 bits per heavy atom. The van der Waals surface area contributed by atoms with Crippen LogP contribution in [0.1, 0.15) is 28.3 Å². The predicted octanol–water partition coefficient (Wildman–Crippen LogP) is 4.31. The van der Waals surface area contributed by atoms with Crippen LogP contribution in [0, 0.1) is 0 Å². The molecule has 0 unspecified atom stereocenters. The second kappa shape index (κ2) is 8.75. The molecule has 0 spiro atoms. The standard InChI is InChI=1S/C21H23N3O2S2/c1-14(20-22-16-10-6-8-12-18(16)28-20)24(4)21(26)15-9-5-7-11-17(15)27-13-19(25)23(2)3/h5-12,14H,13H2,1-4H3/t14-/m1/s1. The predicted molar refractivity (Wildman–Crippen MR) is 116 cm³/mol. The Kier molecular flexibility index (Phi) is 6.36. The molecule has 0 aliphatic heterocycles. The van der Waals surface area contributed by atoms with Gasteiger partial charge in [0.1, 0.15) is 5.01 Å². The van der Waals surface area contributed by atoms with Crippen LogP contribution < -0.4 is 0 Å². The zero-order chi connectivity index (χ0) is 20.3. The summed E-state index contributed by atoms with van der Waals surface area (Å²) in [6.45, 7) is 1.99. The number of aromatic nitrogens is 1. The third-order valence-electron chi connectivity index (χ3n) is 4.54. The van der Waals surface area contributed by atoms with E-state index in [1.54, 1.807) is 42.3 Å². The third-order valence-corrected chi connectivity index (χ3v) is 6.80. The van der Waals surface area contributed by atoms with Gasteiger partial charge in [0.05, 0.1) is 27.6 Å². The van der Waals surface area contributed by atoms with E-state index in [4.69, 9.17) is 0 Å². The highest BCUT2D eigenvalue weighted by Crippen LogP contribution is 2.31. The molecule has 0 N–H and O–H groups in total. The number of para-hydroxylation sites is 1. The first kappa shape index (κ1) is 20.4.